The number of ether oxygens (including phenoxy) is 2. The molecule has 0 atom stereocenters. The Morgan fingerprint density at radius 1 is 1.21 bits per heavy atom. The molecule has 0 aliphatic carbocycles. The van der Waals surface area contributed by atoms with Crippen molar-refractivity contribution in [3.05, 3.63) is 69.8 Å². The van der Waals surface area contributed by atoms with E-state index >= 15 is 0 Å². The van der Waals surface area contributed by atoms with Gasteiger partial charge in [-0.1, -0.05) is 30.3 Å². The van der Waals surface area contributed by atoms with Crippen molar-refractivity contribution in [2.45, 2.75) is 0 Å². The predicted octanol–water partition coefficient (Wildman–Crippen LogP) is 2.91. The van der Waals surface area contributed by atoms with Gasteiger partial charge in [-0.25, -0.2) is 14.8 Å². The second-order valence-electron chi connectivity index (χ2n) is 5.71. The van der Waals surface area contributed by atoms with E-state index in [9.17, 15) is 14.4 Å². The quantitative estimate of drug-likeness (QED) is 0.492. The summed E-state index contributed by atoms with van der Waals surface area (Å²) >= 11 is 0. The summed E-state index contributed by atoms with van der Waals surface area (Å²) in [5.74, 6) is 0.0248. The van der Waals surface area contributed by atoms with Gasteiger partial charge in [0, 0.05) is 17.2 Å². The fourth-order valence-corrected chi connectivity index (χ4v) is 2.57. The van der Waals surface area contributed by atoms with Gasteiger partial charge in [0.15, 0.2) is 11.5 Å². The number of nitriles is 1. The number of rotatable bonds is 6. The van der Waals surface area contributed by atoms with Crippen LogP contribution >= 0.6 is 0 Å². The minimum absolute atomic E-state index is 0.00462. The van der Waals surface area contributed by atoms with Gasteiger partial charge in [0.1, 0.15) is 17.4 Å². The van der Waals surface area contributed by atoms with E-state index in [1.807, 2.05) is 12.1 Å². The molecule has 0 fully saturated rings. The zero-order valence-electron chi connectivity index (χ0n) is 15.6. The van der Waals surface area contributed by atoms with E-state index in [0.29, 0.717) is 11.3 Å². The Hall–Kier alpha value is -4.19. The zero-order valence-corrected chi connectivity index (χ0v) is 15.6. The van der Waals surface area contributed by atoms with Crippen LogP contribution in [0.1, 0.15) is 11.1 Å². The van der Waals surface area contributed by atoms with Crippen molar-refractivity contribution < 1.29 is 13.9 Å². The second-order valence-corrected chi connectivity index (χ2v) is 5.71. The first kappa shape index (κ1) is 19.6. The minimum Gasteiger partial charge on any atom is -0.493 e. The van der Waals surface area contributed by atoms with Gasteiger partial charge in [-0.05, 0) is 6.07 Å². The molecule has 1 heterocycles. The van der Waals surface area contributed by atoms with Crippen molar-refractivity contribution in [1.82, 2.24) is 9.97 Å². The van der Waals surface area contributed by atoms with Crippen LogP contribution in [-0.4, -0.2) is 30.4 Å². The lowest BCUT2D eigenvalue weighted by Gasteiger charge is -2.09. The molecule has 9 heteroatoms. The Bertz CT molecular complexity index is 1150. The number of nitrogens with one attached hydrogen (secondary N) is 2. The van der Waals surface area contributed by atoms with Crippen LogP contribution in [0.2, 0.25) is 0 Å². The van der Waals surface area contributed by atoms with E-state index in [4.69, 9.17) is 9.47 Å². The van der Waals surface area contributed by atoms with Crippen LogP contribution in [0.15, 0.2) is 52.4 Å². The molecular formula is C20H16FN5O3. The Labute approximate surface area is 165 Å². The van der Waals surface area contributed by atoms with Gasteiger partial charge in [0.25, 0.3) is 5.56 Å². The topological polar surface area (TPSA) is 112 Å². The molecule has 146 valence electrons. The monoisotopic (exact) mass is 393 g/mol. The third kappa shape index (κ3) is 4.22. The van der Waals surface area contributed by atoms with Gasteiger partial charge >= 0.3 is 0 Å². The molecule has 8 nitrogen and oxygen atoms in total. The number of methoxy groups -OCH3 is 2. The number of hydrogen-bond donors (Lipinski definition) is 2. The molecule has 0 aliphatic rings. The Kier molecular flexibility index (Phi) is 5.85. The molecule has 3 aromatic rings. The molecule has 0 saturated heterocycles. The molecule has 3 rings (SSSR count). The van der Waals surface area contributed by atoms with Gasteiger partial charge < -0.3 is 9.47 Å². The maximum absolute atomic E-state index is 14.2. The number of hydrogen-bond acceptors (Lipinski definition) is 7. The number of hydrazone groups is 1. The van der Waals surface area contributed by atoms with Crippen LogP contribution in [-0.2, 0) is 0 Å². The molecule has 0 amide bonds. The van der Waals surface area contributed by atoms with E-state index in [1.54, 1.807) is 24.3 Å². The summed E-state index contributed by atoms with van der Waals surface area (Å²) in [5, 5.41) is 13.2. The average Bonchev–Trinajstić information content (AvgIpc) is 2.74. The van der Waals surface area contributed by atoms with E-state index in [1.165, 1.54) is 32.6 Å². The van der Waals surface area contributed by atoms with Crippen molar-refractivity contribution in [3.63, 3.8) is 0 Å². The zero-order chi connectivity index (χ0) is 20.8. The van der Waals surface area contributed by atoms with Crippen LogP contribution < -0.4 is 20.5 Å². The normalized spacial score (nSPS) is 10.6. The number of nitrogens with zero attached hydrogens (tertiary/aromatic N) is 3. The largest absolute Gasteiger partial charge is 0.493 e. The minimum atomic E-state index is -0.614. The molecular weight excluding hydrogens is 377 g/mol. The number of anilines is 1. The molecule has 0 aliphatic heterocycles. The third-order valence-corrected chi connectivity index (χ3v) is 3.96. The predicted molar refractivity (Wildman–Crippen MR) is 106 cm³/mol. The maximum atomic E-state index is 14.2. The summed E-state index contributed by atoms with van der Waals surface area (Å²) in [6, 6.07) is 13.3. The lowest BCUT2D eigenvalue weighted by Crippen LogP contribution is -2.16. The van der Waals surface area contributed by atoms with Gasteiger partial charge in [-0.2, -0.15) is 10.4 Å². The molecule has 0 radical (unpaired) electrons. The molecule has 29 heavy (non-hydrogen) atoms. The summed E-state index contributed by atoms with van der Waals surface area (Å²) in [6.45, 7) is 0. The first-order chi connectivity index (χ1) is 14.1. The lowest BCUT2D eigenvalue weighted by atomic mass is 10.1. The Morgan fingerprint density at radius 2 is 1.90 bits per heavy atom. The van der Waals surface area contributed by atoms with Crippen LogP contribution in [0, 0.1) is 17.1 Å². The van der Waals surface area contributed by atoms with Crippen molar-refractivity contribution in [2.24, 2.45) is 5.10 Å². The Morgan fingerprint density at radius 3 is 2.55 bits per heavy atom. The van der Waals surface area contributed by atoms with Crippen LogP contribution in [0.25, 0.3) is 11.3 Å². The highest BCUT2D eigenvalue weighted by molar-refractivity contribution is 5.82. The number of H-pyrrole nitrogens is 1. The van der Waals surface area contributed by atoms with Crippen molar-refractivity contribution in [2.75, 3.05) is 19.6 Å². The third-order valence-electron chi connectivity index (χ3n) is 3.96. The number of benzene rings is 2. The summed E-state index contributed by atoms with van der Waals surface area (Å²) in [7, 11) is 2.84. The highest BCUT2D eigenvalue weighted by Crippen LogP contribution is 2.29. The number of halogens is 1. The first-order valence-corrected chi connectivity index (χ1v) is 8.37. The van der Waals surface area contributed by atoms with Crippen LogP contribution in [0.3, 0.4) is 0 Å². The molecule has 0 spiro atoms. The maximum Gasteiger partial charge on any atom is 0.270 e. The smallest absolute Gasteiger partial charge is 0.270 e. The second kappa shape index (κ2) is 8.67. The fraction of sp³-hybridized carbons (Fsp3) is 0.100. The van der Waals surface area contributed by atoms with Crippen molar-refractivity contribution in [1.29, 1.82) is 5.26 Å². The summed E-state index contributed by atoms with van der Waals surface area (Å²) in [6.07, 6.45) is 1.21. The fourth-order valence-electron chi connectivity index (χ4n) is 2.57. The first-order valence-electron chi connectivity index (χ1n) is 8.37. The Balaban J connectivity index is 1.91. The highest BCUT2D eigenvalue weighted by Gasteiger charge is 2.13. The number of aromatic amines is 1. The molecule has 2 N–H and O–H groups in total. The summed E-state index contributed by atoms with van der Waals surface area (Å²) < 4.78 is 24.3. The van der Waals surface area contributed by atoms with Crippen molar-refractivity contribution in [3.8, 4) is 28.8 Å². The molecule has 0 bridgehead atoms. The van der Waals surface area contributed by atoms with Gasteiger partial charge in [-0.15, -0.1) is 0 Å². The van der Waals surface area contributed by atoms with Gasteiger partial charge in [-0.3, -0.25) is 9.78 Å². The number of aromatic nitrogens is 2. The lowest BCUT2D eigenvalue weighted by molar-refractivity contribution is 0.352. The van der Waals surface area contributed by atoms with Crippen molar-refractivity contribution >= 4 is 12.2 Å². The summed E-state index contributed by atoms with van der Waals surface area (Å²) in [4.78, 5) is 18.9. The van der Waals surface area contributed by atoms with Crippen LogP contribution in [0.4, 0.5) is 10.3 Å². The standard InChI is InChI=1S/C20H16FN5O3/c1-28-16-8-13(15(21)9-17(16)29-2)11-23-26-20-24-18(12-6-4-3-5-7-12)14(10-22)19(27)25-20/h3-9,11H,1-2H3,(H2,24,25,26,27). The van der Waals surface area contributed by atoms with Gasteiger partial charge in [0.2, 0.25) is 5.95 Å². The van der Waals surface area contributed by atoms with E-state index in [-0.39, 0.29) is 28.5 Å². The van der Waals surface area contributed by atoms with E-state index in [2.05, 4.69) is 20.5 Å². The average molecular weight is 393 g/mol. The van der Waals surface area contributed by atoms with E-state index < -0.39 is 11.4 Å². The SMILES string of the molecule is COc1cc(F)c(C=NNc2nc(-c3ccccc3)c(C#N)c(=O)[nH]2)cc1OC. The van der Waals surface area contributed by atoms with E-state index in [0.717, 1.165) is 0 Å². The molecule has 0 unspecified atom stereocenters. The molecule has 0 saturated carbocycles. The molecule has 2 aromatic carbocycles. The highest BCUT2D eigenvalue weighted by atomic mass is 19.1. The summed E-state index contributed by atoms with van der Waals surface area (Å²) in [5.41, 5.74) is 2.77. The van der Waals surface area contributed by atoms with Crippen LogP contribution in [0.5, 0.6) is 11.5 Å². The van der Waals surface area contributed by atoms with Gasteiger partial charge in [0.05, 0.1) is 26.1 Å². The molecule has 1 aromatic heterocycles.